The van der Waals surface area contributed by atoms with Crippen molar-refractivity contribution in [1.29, 1.82) is 0 Å². The number of hydrogen-bond donors (Lipinski definition) is 2. The molecule has 0 aliphatic rings. The Bertz CT molecular complexity index is 1420. The zero-order valence-electron chi connectivity index (χ0n) is 19.1. The first-order chi connectivity index (χ1) is 16.7. The van der Waals surface area contributed by atoms with Gasteiger partial charge in [0, 0.05) is 11.4 Å². The molecule has 4 rings (SSSR count). The molecule has 35 heavy (non-hydrogen) atoms. The van der Waals surface area contributed by atoms with Gasteiger partial charge in [-0.1, -0.05) is 47.7 Å². The van der Waals surface area contributed by atoms with Crippen molar-refractivity contribution in [1.82, 2.24) is 14.8 Å². The number of phenolic OH excluding ortho intramolecular Hbond substituents is 1. The normalized spacial score (nSPS) is 12.3. The number of carbonyl (C=O) groups excluding carboxylic acids is 1. The first-order valence-corrected chi connectivity index (χ1v) is 13.3. The number of nitrogens with one attached hydrogen (secondary N) is 1. The molecular formula is C25H24N4O4S2. The smallest absolute Gasteiger partial charge is 0.237 e. The average molecular weight is 509 g/mol. The number of sulfone groups is 1. The molecule has 4 aromatic rings. The Kier molecular flexibility index (Phi) is 7.23. The SMILES string of the molecule is Cc1ccc(S(=O)(=O)Cc2nnc(SC(C)C(=O)Nc3ccc(O)cc3)n2-c2ccccc2)cc1. The maximum absolute atomic E-state index is 13.1. The van der Waals surface area contributed by atoms with E-state index in [0.717, 1.165) is 5.56 Å². The van der Waals surface area contributed by atoms with Gasteiger partial charge in [0.15, 0.2) is 20.8 Å². The van der Waals surface area contributed by atoms with Crippen molar-refractivity contribution in [3.05, 3.63) is 90.3 Å². The van der Waals surface area contributed by atoms with E-state index in [1.54, 1.807) is 47.9 Å². The van der Waals surface area contributed by atoms with Gasteiger partial charge in [-0.2, -0.15) is 0 Å². The highest BCUT2D eigenvalue weighted by Crippen LogP contribution is 2.28. The number of benzene rings is 3. The molecule has 0 aliphatic carbocycles. The van der Waals surface area contributed by atoms with E-state index in [9.17, 15) is 18.3 Å². The van der Waals surface area contributed by atoms with Crippen LogP contribution in [-0.2, 0) is 20.4 Å². The Morgan fingerprint density at radius 2 is 1.66 bits per heavy atom. The number of phenols is 1. The van der Waals surface area contributed by atoms with Crippen molar-refractivity contribution in [2.45, 2.75) is 34.9 Å². The van der Waals surface area contributed by atoms with E-state index in [1.165, 1.54) is 23.9 Å². The van der Waals surface area contributed by atoms with E-state index >= 15 is 0 Å². The standard InChI is InChI=1S/C25H24N4O4S2/c1-17-8-14-22(15-9-17)35(32,33)16-23-27-28-25(29(23)20-6-4-3-5-7-20)34-18(2)24(31)26-19-10-12-21(30)13-11-19/h3-15,18,30H,16H2,1-2H3,(H,26,31). The number of aryl methyl sites for hydroxylation is 1. The lowest BCUT2D eigenvalue weighted by Crippen LogP contribution is -2.23. The number of para-hydroxylation sites is 1. The largest absolute Gasteiger partial charge is 0.508 e. The monoisotopic (exact) mass is 508 g/mol. The van der Waals surface area contributed by atoms with Crippen molar-refractivity contribution in [3.8, 4) is 11.4 Å². The lowest BCUT2D eigenvalue weighted by molar-refractivity contribution is -0.115. The number of rotatable bonds is 8. The summed E-state index contributed by atoms with van der Waals surface area (Å²) in [6.45, 7) is 3.62. The van der Waals surface area contributed by atoms with Gasteiger partial charge in [0.25, 0.3) is 0 Å². The minimum atomic E-state index is -3.67. The molecule has 0 radical (unpaired) electrons. The van der Waals surface area contributed by atoms with Gasteiger partial charge in [-0.25, -0.2) is 8.42 Å². The van der Waals surface area contributed by atoms with Crippen LogP contribution in [0.4, 0.5) is 5.69 Å². The number of aromatic hydroxyl groups is 1. The molecule has 0 fully saturated rings. The van der Waals surface area contributed by atoms with Crippen molar-refractivity contribution >= 4 is 33.2 Å². The van der Waals surface area contributed by atoms with Gasteiger partial charge in [0.1, 0.15) is 11.5 Å². The fraction of sp³-hybridized carbons (Fsp3) is 0.160. The first kappa shape index (κ1) is 24.5. The molecule has 1 amide bonds. The molecule has 2 N–H and O–H groups in total. The highest BCUT2D eigenvalue weighted by molar-refractivity contribution is 8.00. The molecule has 1 atom stereocenters. The predicted octanol–water partition coefficient (Wildman–Crippen LogP) is 4.37. The van der Waals surface area contributed by atoms with Crippen LogP contribution in [0.1, 0.15) is 18.3 Å². The van der Waals surface area contributed by atoms with Crippen LogP contribution in [0.3, 0.4) is 0 Å². The van der Waals surface area contributed by atoms with Crippen LogP contribution in [-0.4, -0.2) is 39.4 Å². The molecule has 180 valence electrons. The third-order valence-electron chi connectivity index (χ3n) is 5.20. The van der Waals surface area contributed by atoms with E-state index < -0.39 is 15.1 Å². The highest BCUT2D eigenvalue weighted by atomic mass is 32.2. The first-order valence-electron chi connectivity index (χ1n) is 10.8. The second kappa shape index (κ2) is 10.3. The average Bonchev–Trinajstić information content (AvgIpc) is 3.22. The van der Waals surface area contributed by atoms with Gasteiger partial charge >= 0.3 is 0 Å². The van der Waals surface area contributed by atoms with Crippen LogP contribution in [0.25, 0.3) is 5.69 Å². The molecule has 0 aliphatic heterocycles. The fourth-order valence-electron chi connectivity index (χ4n) is 3.31. The van der Waals surface area contributed by atoms with Gasteiger partial charge in [-0.3, -0.25) is 9.36 Å². The van der Waals surface area contributed by atoms with Crippen molar-refractivity contribution in [3.63, 3.8) is 0 Å². The Morgan fingerprint density at radius 3 is 2.31 bits per heavy atom. The van der Waals surface area contributed by atoms with E-state index in [-0.39, 0.29) is 28.1 Å². The molecule has 0 saturated heterocycles. The summed E-state index contributed by atoms with van der Waals surface area (Å²) in [7, 11) is -3.67. The Labute approximate surface area is 208 Å². The van der Waals surface area contributed by atoms with Crippen LogP contribution in [0, 0.1) is 6.92 Å². The van der Waals surface area contributed by atoms with E-state index in [1.807, 2.05) is 37.3 Å². The van der Waals surface area contributed by atoms with E-state index in [2.05, 4.69) is 15.5 Å². The number of nitrogens with zero attached hydrogens (tertiary/aromatic N) is 3. The molecule has 1 aromatic heterocycles. The summed E-state index contributed by atoms with van der Waals surface area (Å²) in [5, 5.41) is 20.5. The Balaban J connectivity index is 1.61. The second-order valence-corrected chi connectivity index (χ2v) is 11.2. The minimum Gasteiger partial charge on any atom is -0.508 e. The van der Waals surface area contributed by atoms with Crippen molar-refractivity contribution < 1.29 is 18.3 Å². The topological polar surface area (TPSA) is 114 Å². The van der Waals surface area contributed by atoms with Crippen LogP contribution < -0.4 is 5.32 Å². The van der Waals surface area contributed by atoms with Gasteiger partial charge in [-0.15, -0.1) is 10.2 Å². The number of thioether (sulfide) groups is 1. The van der Waals surface area contributed by atoms with Gasteiger partial charge < -0.3 is 10.4 Å². The number of hydrogen-bond acceptors (Lipinski definition) is 7. The van der Waals surface area contributed by atoms with Crippen molar-refractivity contribution in [2.24, 2.45) is 0 Å². The molecule has 0 bridgehead atoms. The van der Waals surface area contributed by atoms with E-state index in [0.29, 0.717) is 16.5 Å². The summed E-state index contributed by atoms with van der Waals surface area (Å²) in [6.07, 6.45) is 0. The molecule has 0 saturated carbocycles. The third-order valence-corrected chi connectivity index (χ3v) is 7.87. The number of anilines is 1. The summed E-state index contributed by atoms with van der Waals surface area (Å²) in [4.78, 5) is 13.0. The lowest BCUT2D eigenvalue weighted by Gasteiger charge is -2.14. The molecule has 1 heterocycles. The predicted molar refractivity (Wildman–Crippen MR) is 135 cm³/mol. The fourth-order valence-corrected chi connectivity index (χ4v) is 5.44. The molecule has 10 heteroatoms. The van der Waals surface area contributed by atoms with Gasteiger partial charge in [-0.05, 0) is 62.4 Å². The summed E-state index contributed by atoms with van der Waals surface area (Å²) >= 11 is 1.17. The summed E-state index contributed by atoms with van der Waals surface area (Å²) < 4.78 is 27.9. The van der Waals surface area contributed by atoms with Crippen molar-refractivity contribution in [2.75, 3.05) is 5.32 Å². The number of aromatic nitrogens is 3. The maximum atomic E-state index is 13.1. The van der Waals surface area contributed by atoms with Gasteiger partial charge in [0.2, 0.25) is 5.91 Å². The summed E-state index contributed by atoms with van der Waals surface area (Å²) in [5.41, 5.74) is 2.21. The van der Waals surface area contributed by atoms with Crippen LogP contribution in [0.5, 0.6) is 5.75 Å². The molecule has 1 unspecified atom stereocenters. The second-order valence-electron chi connectivity index (χ2n) is 7.94. The molecule has 3 aromatic carbocycles. The van der Waals surface area contributed by atoms with Crippen LogP contribution >= 0.6 is 11.8 Å². The Hall–Kier alpha value is -3.63. The quantitative estimate of drug-likeness (QED) is 0.268. The maximum Gasteiger partial charge on any atom is 0.237 e. The zero-order valence-corrected chi connectivity index (χ0v) is 20.8. The summed E-state index contributed by atoms with van der Waals surface area (Å²) in [6, 6.07) is 22.0. The molecular weight excluding hydrogens is 484 g/mol. The van der Waals surface area contributed by atoms with Gasteiger partial charge in [0.05, 0.1) is 10.1 Å². The Morgan fingerprint density at radius 1 is 1.00 bits per heavy atom. The number of amides is 1. The zero-order chi connectivity index (χ0) is 25.0. The minimum absolute atomic E-state index is 0.106. The lowest BCUT2D eigenvalue weighted by atomic mass is 10.2. The highest BCUT2D eigenvalue weighted by Gasteiger charge is 2.25. The molecule has 0 spiro atoms. The van der Waals surface area contributed by atoms with Crippen LogP contribution in [0.2, 0.25) is 0 Å². The van der Waals surface area contributed by atoms with E-state index in [4.69, 9.17) is 0 Å². The summed E-state index contributed by atoms with van der Waals surface area (Å²) in [5.74, 6) is -0.246. The number of carbonyl (C=O) groups is 1. The third kappa shape index (κ3) is 5.90. The van der Waals surface area contributed by atoms with Crippen LogP contribution in [0.15, 0.2) is 88.9 Å². The molecule has 8 nitrogen and oxygen atoms in total.